The van der Waals surface area contributed by atoms with Crippen LogP contribution in [0, 0.1) is 0 Å². The third-order valence-corrected chi connectivity index (χ3v) is 3.66. The molecule has 3 rings (SSSR count). The van der Waals surface area contributed by atoms with Gasteiger partial charge >= 0.3 is 0 Å². The molecular weight excluding hydrogens is 306 g/mol. The lowest BCUT2D eigenvalue weighted by Gasteiger charge is -2.13. The Morgan fingerprint density at radius 2 is 1.95 bits per heavy atom. The van der Waals surface area contributed by atoms with E-state index in [1.165, 1.54) is 5.56 Å². The third-order valence-electron chi connectivity index (χ3n) is 3.17. The van der Waals surface area contributed by atoms with Crippen LogP contribution >= 0.6 is 15.9 Å². The van der Waals surface area contributed by atoms with Crippen molar-refractivity contribution < 1.29 is 9.47 Å². The molecule has 0 radical (unpaired) electrons. The molecule has 98 valence electrons. The highest BCUT2D eigenvalue weighted by atomic mass is 79.9. The van der Waals surface area contributed by atoms with Crippen LogP contribution in [-0.2, 0) is 6.42 Å². The molecule has 19 heavy (non-hydrogen) atoms. The second-order valence-corrected chi connectivity index (χ2v) is 5.47. The summed E-state index contributed by atoms with van der Waals surface area (Å²) in [6.07, 6.45) is 0.791. The largest absolute Gasteiger partial charge is 0.454 e. The molecule has 1 aliphatic heterocycles. The molecule has 1 heterocycles. The van der Waals surface area contributed by atoms with Crippen LogP contribution in [0.5, 0.6) is 11.5 Å². The van der Waals surface area contributed by atoms with E-state index in [2.05, 4.69) is 28.1 Å². The van der Waals surface area contributed by atoms with Crippen molar-refractivity contribution in [2.24, 2.45) is 5.73 Å². The second kappa shape index (κ2) is 5.23. The Morgan fingerprint density at radius 3 is 2.79 bits per heavy atom. The molecule has 2 aromatic carbocycles. The first-order valence-corrected chi connectivity index (χ1v) is 6.91. The van der Waals surface area contributed by atoms with E-state index >= 15 is 0 Å². The lowest BCUT2D eigenvalue weighted by atomic mass is 9.99. The van der Waals surface area contributed by atoms with Gasteiger partial charge in [-0.05, 0) is 41.8 Å². The van der Waals surface area contributed by atoms with Gasteiger partial charge in [-0.25, -0.2) is 0 Å². The van der Waals surface area contributed by atoms with Crippen LogP contribution in [0.2, 0.25) is 0 Å². The van der Waals surface area contributed by atoms with Crippen molar-refractivity contribution in [2.45, 2.75) is 12.5 Å². The summed E-state index contributed by atoms with van der Waals surface area (Å²) in [5, 5.41) is 0. The first kappa shape index (κ1) is 12.5. The van der Waals surface area contributed by atoms with E-state index in [9.17, 15) is 0 Å². The van der Waals surface area contributed by atoms with Crippen molar-refractivity contribution in [1.29, 1.82) is 0 Å². The highest BCUT2D eigenvalue weighted by Gasteiger charge is 2.16. The first-order chi connectivity index (χ1) is 9.22. The Labute approximate surface area is 120 Å². The van der Waals surface area contributed by atoms with Gasteiger partial charge in [-0.15, -0.1) is 0 Å². The monoisotopic (exact) mass is 319 g/mol. The zero-order valence-corrected chi connectivity index (χ0v) is 11.9. The van der Waals surface area contributed by atoms with E-state index in [4.69, 9.17) is 15.2 Å². The zero-order valence-electron chi connectivity index (χ0n) is 10.3. The minimum Gasteiger partial charge on any atom is -0.454 e. The van der Waals surface area contributed by atoms with E-state index in [0.717, 1.165) is 28.0 Å². The van der Waals surface area contributed by atoms with Crippen LogP contribution in [0.15, 0.2) is 46.9 Å². The molecule has 0 amide bonds. The first-order valence-electron chi connectivity index (χ1n) is 6.12. The Hall–Kier alpha value is -1.52. The van der Waals surface area contributed by atoms with Crippen molar-refractivity contribution in [1.82, 2.24) is 0 Å². The molecule has 0 bridgehead atoms. The topological polar surface area (TPSA) is 44.5 Å². The standard InChI is InChI=1S/C15H14BrNO2/c16-12-3-1-2-10(6-12)7-13(17)11-4-5-14-15(8-11)19-9-18-14/h1-6,8,13H,7,9,17H2. The van der Waals surface area contributed by atoms with E-state index in [1.54, 1.807) is 0 Å². The predicted molar refractivity (Wildman–Crippen MR) is 77.3 cm³/mol. The van der Waals surface area contributed by atoms with Crippen LogP contribution < -0.4 is 15.2 Å². The van der Waals surface area contributed by atoms with Gasteiger partial charge in [0, 0.05) is 10.5 Å². The molecule has 1 unspecified atom stereocenters. The van der Waals surface area contributed by atoms with Gasteiger partial charge < -0.3 is 15.2 Å². The third kappa shape index (κ3) is 2.74. The number of hydrogen-bond acceptors (Lipinski definition) is 3. The summed E-state index contributed by atoms with van der Waals surface area (Å²) >= 11 is 3.47. The summed E-state index contributed by atoms with van der Waals surface area (Å²) in [5.41, 5.74) is 8.53. The van der Waals surface area contributed by atoms with Gasteiger partial charge in [0.05, 0.1) is 0 Å². The van der Waals surface area contributed by atoms with Crippen molar-refractivity contribution in [3.8, 4) is 11.5 Å². The molecule has 0 saturated heterocycles. The number of rotatable bonds is 3. The summed E-state index contributed by atoms with van der Waals surface area (Å²) in [4.78, 5) is 0. The molecule has 0 saturated carbocycles. The lowest BCUT2D eigenvalue weighted by Crippen LogP contribution is -2.13. The highest BCUT2D eigenvalue weighted by Crippen LogP contribution is 2.34. The molecule has 0 fully saturated rings. The van der Waals surface area contributed by atoms with Gasteiger partial charge in [0.2, 0.25) is 6.79 Å². The number of fused-ring (bicyclic) bond motifs is 1. The van der Waals surface area contributed by atoms with Crippen LogP contribution in [0.25, 0.3) is 0 Å². The van der Waals surface area contributed by atoms with Gasteiger partial charge in [0.15, 0.2) is 11.5 Å². The molecule has 1 aliphatic rings. The van der Waals surface area contributed by atoms with E-state index in [-0.39, 0.29) is 6.04 Å². The summed E-state index contributed by atoms with van der Waals surface area (Å²) in [6, 6.07) is 14.0. The molecule has 2 N–H and O–H groups in total. The SMILES string of the molecule is NC(Cc1cccc(Br)c1)c1ccc2c(c1)OCO2. The van der Waals surface area contributed by atoms with Crippen LogP contribution in [-0.4, -0.2) is 6.79 Å². The average molecular weight is 320 g/mol. The summed E-state index contributed by atoms with van der Waals surface area (Å²) in [6.45, 7) is 0.291. The number of nitrogens with two attached hydrogens (primary N) is 1. The van der Waals surface area contributed by atoms with Crippen molar-refractivity contribution in [3.05, 3.63) is 58.1 Å². The summed E-state index contributed by atoms with van der Waals surface area (Å²) in [5.74, 6) is 1.57. The maximum absolute atomic E-state index is 6.26. The van der Waals surface area contributed by atoms with Crippen LogP contribution in [0.4, 0.5) is 0 Å². The lowest BCUT2D eigenvalue weighted by molar-refractivity contribution is 0.174. The Morgan fingerprint density at radius 1 is 1.11 bits per heavy atom. The summed E-state index contributed by atoms with van der Waals surface area (Å²) < 4.78 is 11.7. The number of hydrogen-bond donors (Lipinski definition) is 1. The molecule has 0 spiro atoms. The average Bonchev–Trinajstić information content (AvgIpc) is 2.85. The van der Waals surface area contributed by atoms with E-state index in [0.29, 0.717) is 6.79 Å². The molecule has 4 heteroatoms. The molecule has 2 aromatic rings. The maximum Gasteiger partial charge on any atom is 0.231 e. The quantitative estimate of drug-likeness (QED) is 0.942. The fourth-order valence-corrected chi connectivity index (χ4v) is 2.63. The fraction of sp³-hybridized carbons (Fsp3) is 0.200. The van der Waals surface area contributed by atoms with Crippen LogP contribution in [0.1, 0.15) is 17.2 Å². The number of benzene rings is 2. The highest BCUT2D eigenvalue weighted by molar-refractivity contribution is 9.10. The number of ether oxygens (including phenoxy) is 2. The fourth-order valence-electron chi connectivity index (χ4n) is 2.18. The van der Waals surface area contributed by atoms with Gasteiger partial charge in [0.25, 0.3) is 0 Å². The van der Waals surface area contributed by atoms with Gasteiger partial charge in [-0.1, -0.05) is 34.1 Å². The van der Waals surface area contributed by atoms with Crippen molar-refractivity contribution >= 4 is 15.9 Å². The Balaban J connectivity index is 1.78. The predicted octanol–water partition coefficient (Wildman–Crippen LogP) is 3.42. The van der Waals surface area contributed by atoms with Crippen molar-refractivity contribution in [3.63, 3.8) is 0 Å². The number of halogens is 1. The smallest absolute Gasteiger partial charge is 0.231 e. The molecule has 0 aliphatic carbocycles. The normalized spacial score (nSPS) is 14.4. The van der Waals surface area contributed by atoms with Gasteiger partial charge in [-0.2, -0.15) is 0 Å². The Bertz CT molecular complexity index is 600. The van der Waals surface area contributed by atoms with Crippen LogP contribution in [0.3, 0.4) is 0 Å². The Kier molecular flexibility index (Phi) is 3.44. The molecule has 1 atom stereocenters. The summed E-state index contributed by atoms with van der Waals surface area (Å²) in [7, 11) is 0. The van der Waals surface area contributed by atoms with E-state index < -0.39 is 0 Å². The molecule has 3 nitrogen and oxygen atoms in total. The molecular formula is C15H14BrNO2. The minimum absolute atomic E-state index is 0.0520. The van der Waals surface area contributed by atoms with E-state index in [1.807, 2.05) is 30.3 Å². The van der Waals surface area contributed by atoms with Gasteiger partial charge in [-0.3, -0.25) is 0 Å². The van der Waals surface area contributed by atoms with Gasteiger partial charge in [0.1, 0.15) is 0 Å². The second-order valence-electron chi connectivity index (χ2n) is 4.55. The maximum atomic E-state index is 6.26. The zero-order chi connectivity index (χ0) is 13.2. The van der Waals surface area contributed by atoms with Crippen molar-refractivity contribution in [2.75, 3.05) is 6.79 Å². The molecule has 0 aromatic heterocycles. The minimum atomic E-state index is -0.0520.